The normalized spacial score (nSPS) is 21.9. The van der Waals surface area contributed by atoms with Crippen molar-refractivity contribution in [1.82, 2.24) is 0 Å². The Morgan fingerprint density at radius 2 is 1.00 bits per heavy atom. The zero-order chi connectivity index (χ0) is 25.0. The first-order chi connectivity index (χ1) is 17.5. The van der Waals surface area contributed by atoms with Gasteiger partial charge in [0, 0.05) is 43.1 Å². The van der Waals surface area contributed by atoms with Crippen LogP contribution in [0.15, 0.2) is 48.5 Å². The first-order valence-electron chi connectivity index (χ1n) is 14.3. The fourth-order valence-corrected chi connectivity index (χ4v) is 6.35. The van der Waals surface area contributed by atoms with Crippen LogP contribution in [0, 0.1) is 0 Å². The van der Waals surface area contributed by atoms with Crippen LogP contribution in [-0.2, 0) is 15.7 Å². The number of halogens is 1. The van der Waals surface area contributed by atoms with Crippen molar-refractivity contribution in [3.05, 3.63) is 59.7 Å². The zero-order valence-corrected chi connectivity index (χ0v) is 23.1. The van der Waals surface area contributed by atoms with Crippen LogP contribution in [-0.4, -0.2) is 32.1 Å². The van der Waals surface area contributed by atoms with Gasteiger partial charge in [-0.3, -0.25) is 4.79 Å². The van der Waals surface area contributed by atoms with Crippen LogP contribution in [0.4, 0.5) is 11.4 Å². The molecule has 37 heavy (non-hydrogen) atoms. The molecule has 4 aliphatic rings. The molecule has 4 fully saturated rings. The summed E-state index contributed by atoms with van der Waals surface area (Å²) in [6.45, 7) is 4.74. The van der Waals surface area contributed by atoms with Gasteiger partial charge in [-0.1, -0.05) is 30.7 Å². The van der Waals surface area contributed by atoms with Gasteiger partial charge in [0.2, 0.25) is 5.91 Å². The minimum absolute atomic E-state index is 0. The number of nitrogens with zero attached hydrogens (tertiary/aromatic N) is 2. The summed E-state index contributed by atoms with van der Waals surface area (Å²) in [5.41, 5.74) is 16.6. The Morgan fingerprint density at radius 1 is 0.595 bits per heavy atom. The lowest BCUT2D eigenvalue weighted by Gasteiger charge is -2.39. The molecule has 2 aliphatic heterocycles. The van der Waals surface area contributed by atoms with E-state index >= 15 is 0 Å². The summed E-state index contributed by atoms with van der Waals surface area (Å²) >= 11 is 0. The van der Waals surface area contributed by atoms with Crippen molar-refractivity contribution in [2.75, 3.05) is 36.0 Å². The maximum absolute atomic E-state index is 11.7. The highest BCUT2D eigenvalue weighted by molar-refractivity contribution is 5.88. The first kappa shape index (κ1) is 27.8. The monoisotopic (exact) mass is 524 g/mol. The molecule has 5 nitrogen and oxygen atoms in total. The van der Waals surface area contributed by atoms with Crippen LogP contribution in [0.1, 0.15) is 88.2 Å². The number of piperidine rings is 2. The summed E-state index contributed by atoms with van der Waals surface area (Å²) in [6, 6.07) is 17.5. The number of amides is 1. The average molecular weight is 525 g/mol. The van der Waals surface area contributed by atoms with E-state index in [4.69, 9.17) is 11.5 Å². The first-order valence-corrected chi connectivity index (χ1v) is 14.3. The Bertz CT molecular complexity index is 1000. The van der Waals surface area contributed by atoms with Crippen molar-refractivity contribution >= 4 is 29.7 Å². The molecule has 2 heterocycles. The molecular weight excluding hydrogens is 480 g/mol. The molecular formula is C31H45ClN4O. The standard InChI is InChI=1S/C16H22N2O.C15H22N2.ClH/c17-15(19)16(9-4-10-16)13-5-7-14(8-6-13)18-11-2-1-3-12-18;16-15(9-4-10-15)13-5-7-14(8-6-13)17-11-2-1-3-12-17;/h5-8H,1-4,9-12H2,(H2,17,19);5-8H,1-4,9-12,16H2;1H. The van der Waals surface area contributed by atoms with Crippen molar-refractivity contribution in [2.45, 2.75) is 88.0 Å². The molecule has 2 aromatic carbocycles. The Hall–Kier alpha value is -2.24. The molecule has 2 saturated heterocycles. The third-order valence-electron chi connectivity index (χ3n) is 9.23. The molecule has 6 heteroatoms. The third-order valence-corrected chi connectivity index (χ3v) is 9.23. The zero-order valence-electron chi connectivity index (χ0n) is 22.3. The maximum Gasteiger partial charge on any atom is 0.228 e. The highest BCUT2D eigenvalue weighted by atomic mass is 35.5. The van der Waals surface area contributed by atoms with E-state index in [-0.39, 0.29) is 29.3 Å². The predicted molar refractivity (Wildman–Crippen MR) is 157 cm³/mol. The number of rotatable bonds is 5. The highest BCUT2D eigenvalue weighted by Crippen LogP contribution is 2.44. The molecule has 0 radical (unpaired) electrons. The second kappa shape index (κ2) is 12.1. The van der Waals surface area contributed by atoms with Crippen molar-refractivity contribution in [3.63, 3.8) is 0 Å². The van der Waals surface area contributed by atoms with Crippen LogP contribution < -0.4 is 21.3 Å². The molecule has 2 aliphatic carbocycles. The number of hydrogen-bond acceptors (Lipinski definition) is 4. The molecule has 202 valence electrons. The number of nitrogens with two attached hydrogens (primary N) is 2. The van der Waals surface area contributed by atoms with E-state index in [0.717, 1.165) is 50.8 Å². The summed E-state index contributed by atoms with van der Waals surface area (Å²) < 4.78 is 0. The smallest absolute Gasteiger partial charge is 0.228 e. The van der Waals surface area contributed by atoms with Gasteiger partial charge in [-0.25, -0.2) is 0 Å². The Morgan fingerprint density at radius 3 is 1.32 bits per heavy atom. The molecule has 2 aromatic rings. The van der Waals surface area contributed by atoms with Gasteiger partial charge in [0.15, 0.2) is 0 Å². The van der Waals surface area contributed by atoms with Gasteiger partial charge in [0.25, 0.3) is 0 Å². The van der Waals surface area contributed by atoms with Gasteiger partial charge < -0.3 is 21.3 Å². The topological polar surface area (TPSA) is 75.6 Å². The number of benzene rings is 2. The number of anilines is 2. The van der Waals surface area contributed by atoms with E-state index in [1.807, 2.05) is 0 Å². The Labute approximate surface area is 229 Å². The summed E-state index contributed by atoms with van der Waals surface area (Å²) in [6.07, 6.45) is 14.5. The number of primary amides is 1. The van der Waals surface area contributed by atoms with Gasteiger partial charge in [-0.15, -0.1) is 12.4 Å². The molecule has 0 spiro atoms. The van der Waals surface area contributed by atoms with Gasteiger partial charge in [0.05, 0.1) is 5.41 Å². The highest BCUT2D eigenvalue weighted by Gasteiger charge is 2.44. The minimum Gasteiger partial charge on any atom is -0.372 e. The quantitative estimate of drug-likeness (QED) is 0.501. The van der Waals surface area contributed by atoms with Crippen LogP contribution in [0.5, 0.6) is 0 Å². The fourth-order valence-electron chi connectivity index (χ4n) is 6.35. The van der Waals surface area contributed by atoms with Crippen molar-refractivity contribution < 1.29 is 4.79 Å². The second-order valence-corrected chi connectivity index (χ2v) is 11.5. The van der Waals surface area contributed by atoms with Crippen molar-refractivity contribution in [3.8, 4) is 0 Å². The molecule has 0 atom stereocenters. The molecule has 0 bridgehead atoms. The van der Waals surface area contributed by atoms with E-state index in [2.05, 4.69) is 58.3 Å². The summed E-state index contributed by atoms with van der Waals surface area (Å²) in [7, 11) is 0. The lowest BCUT2D eigenvalue weighted by Crippen LogP contribution is -2.46. The van der Waals surface area contributed by atoms with Crippen LogP contribution in [0.25, 0.3) is 0 Å². The van der Waals surface area contributed by atoms with Crippen LogP contribution >= 0.6 is 12.4 Å². The molecule has 6 rings (SSSR count). The largest absolute Gasteiger partial charge is 0.372 e. The Balaban J connectivity index is 0.000000169. The summed E-state index contributed by atoms with van der Waals surface area (Å²) in [5.74, 6) is -0.163. The average Bonchev–Trinajstić information content (AvgIpc) is 2.88. The van der Waals surface area contributed by atoms with Gasteiger partial charge >= 0.3 is 0 Å². The molecule has 0 unspecified atom stereocenters. The number of hydrogen-bond donors (Lipinski definition) is 2. The van der Waals surface area contributed by atoms with E-state index in [1.165, 1.54) is 75.0 Å². The number of carbonyl (C=O) groups excluding carboxylic acids is 1. The number of carbonyl (C=O) groups is 1. The molecule has 4 N–H and O–H groups in total. The SMILES string of the molecule is Cl.NC(=O)C1(c2ccc(N3CCCCC3)cc2)CCC1.NC1(c2ccc(N3CCCCC3)cc2)CCC1. The second-order valence-electron chi connectivity index (χ2n) is 11.5. The molecule has 1 amide bonds. The molecule has 2 saturated carbocycles. The summed E-state index contributed by atoms with van der Waals surface area (Å²) in [5, 5.41) is 0. The lowest BCUT2D eigenvalue weighted by atomic mass is 9.64. The van der Waals surface area contributed by atoms with Gasteiger partial charge in [0.1, 0.15) is 0 Å². The van der Waals surface area contributed by atoms with Gasteiger partial charge in [-0.2, -0.15) is 0 Å². The maximum atomic E-state index is 11.7. The fraction of sp³-hybridized carbons (Fsp3) is 0.581. The third kappa shape index (κ3) is 5.93. The minimum atomic E-state index is -0.375. The van der Waals surface area contributed by atoms with E-state index in [9.17, 15) is 4.79 Å². The van der Waals surface area contributed by atoms with Crippen molar-refractivity contribution in [1.29, 1.82) is 0 Å². The van der Waals surface area contributed by atoms with Crippen molar-refractivity contribution in [2.24, 2.45) is 11.5 Å². The van der Waals surface area contributed by atoms with E-state index < -0.39 is 0 Å². The predicted octanol–water partition coefficient (Wildman–Crippen LogP) is 6.02. The van der Waals surface area contributed by atoms with Gasteiger partial charge in [-0.05, 0) is 106 Å². The lowest BCUT2D eigenvalue weighted by molar-refractivity contribution is -0.126. The van der Waals surface area contributed by atoms with Crippen LogP contribution in [0.3, 0.4) is 0 Å². The molecule has 0 aromatic heterocycles. The van der Waals surface area contributed by atoms with E-state index in [1.54, 1.807) is 0 Å². The Kier molecular flexibility index (Phi) is 9.07. The van der Waals surface area contributed by atoms with Crippen LogP contribution in [0.2, 0.25) is 0 Å². The summed E-state index contributed by atoms with van der Waals surface area (Å²) in [4.78, 5) is 16.6. The van der Waals surface area contributed by atoms with E-state index in [0.29, 0.717) is 0 Å².